The van der Waals surface area contributed by atoms with Crippen LogP contribution in [0.3, 0.4) is 0 Å². The van der Waals surface area contributed by atoms with Gasteiger partial charge in [0.25, 0.3) is 0 Å². The number of hydrogen-bond donors (Lipinski definition) is 1. The topological polar surface area (TPSA) is 61.9 Å². The highest BCUT2D eigenvalue weighted by Crippen LogP contribution is 2.38. The number of carbonyl (C=O) groups excluding carboxylic acids is 1. The summed E-state index contributed by atoms with van der Waals surface area (Å²) in [4.78, 5) is 19.0. The Morgan fingerprint density at radius 1 is 1.39 bits per heavy atom. The molecule has 23 heavy (non-hydrogen) atoms. The SMILES string of the molecule is CCN(Cc1ccccc1)C(=O)[C@@H](C)Sc1n[nH]c(C2CC2)n1. The summed E-state index contributed by atoms with van der Waals surface area (Å²) in [7, 11) is 0. The number of carbonyl (C=O) groups is 1. The number of nitrogens with one attached hydrogen (secondary N) is 1. The summed E-state index contributed by atoms with van der Waals surface area (Å²) in [5.41, 5.74) is 1.15. The Hall–Kier alpha value is -1.82. The second kappa shape index (κ2) is 7.17. The summed E-state index contributed by atoms with van der Waals surface area (Å²) < 4.78 is 0. The van der Waals surface area contributed by atoms with E-state index in [2.05, 4.69) is 15.2 Å². The summed E-state index contributed by atoms with van der Waals surface area (Å²) >= 11 is 1.43. The first-order valence-electron chi connectivity index (χ1n) is 8.09. The normalized spacial score (nSPS) is 15.4. The molecule has 0 bridgehead atoms. The third-order valence-electron chi connectivity index (χ3n) is 3.99. The number of hydrogen-bond acceptors (Lipinski definition) is 4. The largest absolute Gasteiger partial charge is 0.338 e. The van der Waals surface area contributed by atoms with E-state index in [1.807, 2.05) is 49.1 Å². The molecule has 1 fully saturated rings. The average Bonchev–Trinajstić information content (AvgIpc) is 3.33. The molecule has 0 spiro atoms. The number of thioether (sulfide) groups is 1. The molecule has 6 heteroatoms. The van der Waals surface area contributed by atoms with Crippen LogP contribution in [0.5, 0.6) is 0 Å². The van der Waals surface area contributed by atoms with Crippen molar-refractivity contribution in [3.8, 4) is 0 Å². The standard InChI is InChI=1S/C17H22N4OS/c1-3-21(11-13-7-5-4-6-8-13)16(22)12(2)23-17-18-15(19-20-17)14-9-10-14/h4-8,12,14H,3,9-11H2,1-2H3,(H,18,19,20)/t12-/m1/s1. The maximum atomic E-state index is 12.7. The van der Waals surface area contributed by atoms with Crippen LogP contribution >= 0.6 is 11.8 Å². The van der Waals surface area contributed by atoms with E-state index in [4.69, 9.17) is 0 Å². The molecule has 0 radical (unpaired) electrons. The fraction of sp³-hybridized carbons (Fsp3) is 0.471. The molecule has 1 aromatic heterocycles. The maximum absolute atomic E-state index is 12.7. The van der Waals surface area contributed by atoms with Gasteiger partial charge in [-0.1, -0.05) is 42.1 Å². The smallest absolute Gasteiger partial charge is 0.236 e. The van der Waals surface area contributed by atoms with Gasteiger partial charge in [0.15, 0.2) is 0 Å². The molecule has 1 atom stereocenters. The van der Waals surface area contributed by atoms with E-state index < -0.39 is 0 Å². The van der Waals surface area contributed by atoms with E-state index >= 15 is 0 Å². The van der Waals surface area contributed by atoms with Crippen molar-refractivity contribution < 1.29 is 4.79 Å². The van der Waals surface area contributed by atoms with E-state index in [9.17, 15) is 4.79 Å². The predicted octanol–water partition coefficient (Wildman–Crippen LogP) is 3.21. The highest BCUT2D eigenvalue weighted by Gasteiger charge is 2.28. The Balaban J connectivity index is 1.59. The lowest BCUT2D eigenvalue weighted by Gasteiger charge is -2.23. The number of amides is 1. The summed E-state index contributed by atoms with van der Waals surface area (Å²) in [5, 5.41) is 7.69. The fourth-order valence-electron chi connectivity index (χ4n) is 2.47. The van der Waals surface area contributed by atoms with Gasteiger partial charge >= 0.3 is 0 Å². The summed E-state index contributed by atoms with van der Waals surface area (Å²) in [6.07, 6.45) is 2.38. The van der Waals surface area contributed by atoms with Crippen LogP contribution in [0, 0.1) is 0 Å². The molecular formula is C17H22N4OS. The first-order valence-corrected chi connectivity index (χ1v) is 8.97. The molecule has 0 unspecified atom stereocenters. The zero-order chi connectivity index (χ0) is 16.2. The zero-order valence-corrected chi connectivity index (χ0v) is 14.3. The number of rotatable bonds is 7. The summed E-state index contributed by atoms with van der Waals surface area (Å²) in [5.74, 6) is 1.64. The van der Waals surface area contributed by atoms with Crippen LogP contribution in [-0.4, -0.2) is 37.8 Å². The minimum Gasteiger partial charge on any atom is -0.338 e. The van der Waals surface area contributed by atoms with Crippen molar-refractivity contribution in [3.63, 3.8) is 0 Å². The lowest BCUT2D eigenvalue weighted by atomic mass is 10.2. The molecule has 1 amide bonds. The number of nitrogens with zero attached hydrogens (tertiary/aromatic N) is 3. The van der Waals surface area contributed by atoms with Crippen molar-refractivity contribution >= 4 is 17.7 Å². The van der Waals surface area contributed by atoms with Crippen LogP contribution in [0.25, 0.3) is 0 Å². The Labute approximate surface area is 140 Å². The molecule has 1 aliphatic carbocycles. The van der Waals surface area contributed by atoms with Gasteiger partial charge in [-0.05, 0) is 32.3 Å². The molecule has 1 aromatic carbocycles. The van der Waals surface area contributed by atoms with Gasteiger partial charge in [-0.15, -0.1) is 5.10 Å². The van der Waals surface area contributed by atoms with Gasteiger partial charge in [0, 0.05) is 19.0 Å². The van der Waals surface area contributed by atoms with E-state index in [0.717, 1.165) is 11.4 Å². The van der Waals surface area contributed by atoms with Crippen LogP contribution < -0.4 is 0 Å². The van der Waals surface area contributed by atoms with E-state index in [1.54, 1.807) is 0 Å². The highest BCUT2D eigenvalue weighted by molar-refractivity contribution is 8.00. The van der Waals surface area contributed by atoms with Crippen molar-refractivity contribution in [2.75, 3.05) is 6.54 Å². The van der Waals surface area contributed by atoms with E-state index in [0.29, 0.717) is 24.2 Å². The minimum absolute atomic E-state index is 0.124. The number of aromatic amines is 1. The van der Waals surface area contributed by atoms with Gasteiger partial charge < -0.3 is 4.90 Å². The molecule has 0 aliphatic heterocycles. The Morgan fingerprint density at radius 2 is 2.13 bits per heavy atom. The van der Waals surface area contributed by atoms with Crippen molar-refractivity contribution in [1.82, 2.24) is 20.1 Å². The van der Waals surface area contributed by atoms with Crippen molar-refractivity contribution in [1.29, 1.82) is 0 Å². The van der Waals surface area contributed by atoms with Crippen LogP contribution in [0.2, 0.25) is 0 Å². The van der Waals surface area contributed by atoms with Gasteiger partial charge in [0.05, 0.1) is 5.25 Å². The second-order valence-electron chi connectivity index (χ2n) is 5.88. The quantitative estimate of drug-likeness (QED) is 0.792. The van der Waals surface area contributed by atoms with E-state index in [1.165, 1.54) is 24.6 Å². The van der Waals surface area contributed by atoms with Gasteiger partial charge in [-0.25, -0.2) is 4.98 Å². The highest BCUT2D eigenvalue weighted by atomic mass is 32.2. The molecule has 1 saturated carbocycles. The summed E-state index contributed by atoms with van der Waals surface area (Å²) in [6, 6.07) is 10.1. The first-order chi connectivity index (χ1) is 11.2. The molecule has 1 N–H and O–H groups in total. The molecule has 1 heterocycles. The zero-order valence-electron chi connectivity index (χ0n) is 13.5. The van der Waals surface area contributed by atoms with Gasteiger partial charge in [-0.2, -0.15) is 0 Å². The fourth-order valence-corrected chi connectivity index (χ4v) is 3.28. The molecular weight excluding hydrogens is 308 g/mol. The van der Waals surface area contributed by atoms with Gasteiger partial charge in [0.2, 0.25) is 11.1 Å². The number of aromatic nitrogens is 3. The lowest BCUT2D eigenvalue weighted by Crippen LogP contribution is -2.36. The number of benzene rings is 1. The lowest BCUT2D eigenvalue weighted by molar-refractivity contribution is -0.130. The Bertz CT molecular complexity index is 654. The second-order valence-corrected chi connectivity index (χ2v) is 7.18. The van der Waals surface area contributed by atoms with Crippen LogP contribution in [-0.2, 0) is 11.3 Å². The molecule has 0 saturated heterocycles. The van der Waals surface area contributed by atoms with Gasteiger partial charge in [-0.3, -0.25) is 9.89 Å². The Morgan fingerprint density at radius 3 is 2.78 bits per heavy atom. The summed E-state index contributed by atoms with van der Waals surface area (Å²) in [6.45, 7) is 5.27. The average molecular weight is 330 g/mol. The van der Waals surface area contributed by atoms with Crippen LogP contribution in [0.15, 0.2) is 35.5 Å². The van der Waals surface area contributed by atoms with E-state index in [-0.39, 0.29) is 11.2 Å². The first kappa shape index (κ1) is 16.1. The minimum atomic E-state index is -0.193. The molecule has 122 valence electrons. The predicted molar refractivity (Wildman–Crippen MR) is 91.2 cm³/mol. The third kappa shape index (κ3) is 4.13. The molecule has 1 aliphatic rings. The molecule has 5 nitrogen and oxygen atoms in total. The molecule has 2 aromatic rings. The Kier molecular flexibility index (Phi) is 5.00. The van der Waals surface area contributed by atoms with Crippen molar-refractivity contribution in [3.05, 3.63) is 41.7 Å². The monoisotopic (exact) mass is 330 g/mol. The number of H-pyrrole nitrogens is 1. The van der Waals surface area contributed by atoms with Crippen LogP contribution in [0.1, 0.15) is 44.0 Å². The maximum Gasteiger partial charge on any atom is 0.236 e. The van der Waals surface area contributed by atoms with Crippen molar-refractivity contribution in [2.24, 2.45) is 0 Å². The van der Waals surface area contributed by atoms with Gasteiger partial charge in [0.1, 0.15) is 5.82 Å². The third-order valence-corrected chi connectivity index (χ3v) is 4.93. The van der Waals surface area contributed by atoms with Crippen LogP contribution in [0.4, 0.5) is 0 Å². The van der Waals surface area contributed by atoms with Crippen molar-refractivity contribution in [2.45, 2.75) is 49.6 Å². The molecule has 3 rings (SSSR count).